The van der Waals surface area contributed by atoms with Crippen LogP contribution in [0.4, 0.5) is 0 Å². The van der Waals surface area contributed by atoms with Crippen molar-refractivity contribution < 1.29 is 14.7 Å². The lowest BCUT2D eigenvalue weighted by Crippen LogP contribution is -2.34. The van der Waals surface area contributed by atoms with E-state index in [2.05, 4.69) is 15.3 Å². The summed E-state index contributed by atoms with van der Waals surface area (Å²) in [6.45, 7) is 4.06. The summed E-state index contributed by atoms with van der Waals surface area (Å²) in [4.78, 5) is 16.4. The lowest BCUT2D eigenvalue weighted by molar-refractivity contribution is 0.0871. The Morgan fingerprint density at radius 3 is 2.58 bits per heavy atom. The van der Waals surface area contributed by atoms with Crippen molar-refractivity contribution in [3.8, 4) is 0 Å². The minimum absolute atomic E-state index is 0.118. The highest BCUT2D eigenvalue weighted by atomic mass is 16.6. The number of carbonyl (C=O) groups is 1. The molecule has 1 rings (SSSR count). The van der Waals surface area contributed by atoms with Crippen LogP contribution in [0.3, 0.4) is 0 Å². The SMILES string of the molecule is CO/N=C/c1ccc(C(=O)NCC(O)C(C)C)cc1. The van der Waals surface area contributed by atoms with Gasteiger partial charge in [-0.05, 0) is 23.6 Å². The molecular weight excluding hydrogens is 244 g/mol. The first-order valence-corrected chi connectivity index (χ1v) is 6.17. The van der Waals surface area contributed by atoms with Crippen LogP contribution in [0.5, 0.6) is 0 Å². The summed E-state index contributed by atoms with van der Waals surface area (Å²) in [6, 6.07) is 6.95. The standard InChI is InChI=1S/C14H20N2O3/c1-10(2)13(17)9-15-14(18)12-6-4-11(5-7-12)8-16-19-3/h4-8,10,13,17H,9H2,1-3H3,(H,15,18)/b16-8+. The van der Waals surface area contributed by atoms with E-state index < -0.39 is 6.10 Å². The zero-order valence-electron chi connectivity index (χ0n) is 11.5. The van der Waals surface area contributed by atoms with Gasteiger partial charge in [-0.3, -0.25) is 4.79 Å². The Hall–Kier alpha value is -1.88. The van der Waals surface area contributed by atoms with E-state index in [1.165, 1.54) is 7.11 Å². The molecule has 0 saturated heterocycles. The van der Waals surface area contributed by atoms with E-state index in [1.54, 1.807) is 30.5 Å². The van der Waals surface area contributed by atoms with Crippen LogP contribution < -0.4 is 5.32 Å². The Balaban J connectivity index is 2.56. The second-order valence-electron chi connectivity index (χ2n) is 4.56. The number of hydrogen-bond donors (Lipinski definition) is 2. The fourth-order valence-corrected chi connectivity index (χ4v) is 1.37. The first-order valence-electron chi connectivity index (χ1n) is 6.17. The quantitative estimate of drug-likeness (QED) is 0.603. The molecule has 0 bridgehead atoms. The van der Waals surface area contributed by atoms with E-state index in [9.17, 15) is 9.90 Å². The molecule has 0 spiro atoms. The molecule has 2 N–H and O–H groups in total. The number of benzene rings is 1. The molecule has 0 radical (unpaired) electrons. The number of rotatable bonds is 6. The van der Waals surface area contributed by atoms with E-state index in [-0.39, 0.29) is 18.4 Å². The molecule has 0 aliphatic heterocycles. The third kappa shape index (κ3) is 5.09. The number of amides is 1. The van der Waals surface area contributed by atoms with Crippen molar-refractivity contribution in [3.05, 3.63) is 35.4 Å². The highest BCUT2D eigenvalue weighted by molar-refractivity contribution is 5.95. The van der Waals surface area contributed by atoms with Crippen LogP contribution in [-0.2, 0) is 4.84 Å². The largest absolute Gasteiger partial charge is 0.399 e. The number of aliphatic hydroxyl groups is 1. The molecule has 19 heavy (non-hydrogen) atoms. The predicted molar refractivity (Wildman–Crippen MR) is 74.2 cm³/mol. The predicted octanol–water partition coefficient (Wildman–Crippen LogP) is 1.41. The fraction of sp³-hybridized carbons (Fsp3) is 0.429. The summed E-state index contributed by atoms with van der Waals surface area (Å²) < 4.78 is 0. The smallest absolute Gasteiger partial charge is 0.251 e. The Kier molecular flexibility index (Phi) is 6.02. The molecule has 0 heterocycles. The van der Waals surface area contributed by atoms with E-state index in [0.717, 1.165) is 5.56 Å². The zero-order valence-corrected chi connectivity index (χ0v) is 11.5. The molecule has 0 saturated carbocycles. The zero-order chi connectivity index (χ0) is 14.3. The lowest BCUT2D eigenvalue weighted by atomic mass is 10.1. The van der Waals surface area contributed by atoms with Crippen LogP contribution in [-0.4, -0.2) is 37.0 Å². The van der Waals surface area contributed by atoms with E-state index in [1.807, 2.05) is 13.8 Å². The molecule has 0 aromatic heterocycles. The van der Waals surface area contributed by atoms with E-state index >= 15 is 0 Å². The molecule has 5 nitrogen and oxygen atoms in total. The van der Waals surface area contributed by atoms with Gasteiger partial charge in [0.15, 0.2) is 0 Å². The van der Waals surface area contributed by atoms with Crippen LogP contribution in [0.25, 0.3) is 0 Å². The maximum Gasteiger partial charge on any atom is 0.251 e. The van der Waals surface area contributed by atoms with Crippen LogP contribution in [0.1, 0.15) is 29.8 Å². The number of aliphatic hydroxyl groups excluding tert-OH is 1. The molecule has 1 atom stereocenters. The molecule has 5 heteroatoms. The second-order valence-corrected chi connectivity index (χ2v) is 4.56. The Labute approximate surface area is 113 Å². The number of nitrogens with one attached hydrogen (secondary N) is 1. The van der Waals surface area contributed by atoms with E-state index in [0.29, 0.717) is 5.56 Å². The van der Waals surface area contributed by atoms with Crippen molar-refractivity contribution in [1.82, 2.24) is 5.32 Å². The van der Waals surface area contributed by atoms with Gasteiger partial charge in [-0.2, -0.15) is 0 Å². The minimum Gasteiger partial charge on any atom is -0.399 e. The summed E-state index contributed by atoms with van der Waals surface area (Å²) in [5, 5.41) is 15.9. The Morgan fingerprint density at radius 1 is 1.42 bits per heavy atom. The molecule has 0 aliphatic carbocycles. The highest BCUT2D eigenvalue weighted by Gasteiger charge is 2.11. The second kappa shape index (κ2) is 7.53. The summed E-state index contributed by atoms with van der Waals surface area (Å²) in [5.74, 6) is -0.0807. The summed E-state index contributed by atoms with van der Waals surface area (Å²) >= 11 is 0. The monoisotopic (exact) mass is 264 g/mol. The molecule has 1 amide bonds. The van der Waals surface area contributed by atoms with Gasteiger partial charge in [-0.1, -0.05) is 31.1 Å². The summed E-state index contributed by atoms with van der Waals surface area (Å²) in [6.07, 6.45) is 1.03. The van der Waals surface area contributed by atoms with Gasteiger partial charge >= 0.3 is 0 Å². The van der Waals surface area contributed by atoms with E-state index in [4.69, 9.17) is 0 Å². The fourth-order valence-electron chi connectivity index (χ4n) is 1.37. The third-order valence-corrected chi connectivity index (χ3v) is 2.72. The van der Waals surface area contributed by atoms with Crippen LogP contribution in [0, 0.1) is 5.92 Å². The van der Waals surface area contributed by atoms with Gasteiger partial charge in [0.05, 0.1) is 12.3 Å². The number of oxime groups is 1. The van der Waals surface area contributed by atoms with Crippen molar-refractivity contribution in [2.24, 2.45) is 11.1 Å². The molecular formula is C14H20N2O3. The average Bonchev–Trinajstić information content (AvgIpc) is 2.42. The number of nitrogens with zero attached hydrogens (tertiary/aromatic N) is 1. The van der Waals surface area contributed by atoms with Gasteiger partial charge in [0.2, 0.25) is 0 Å². The van der Waals surface area contributed by atoms with Crippen molar-refractivity contribution in [3.63, 3.8) is 0 Å². The number of hydrogen-bond acceptors (Lipinski definition) is 4. The molecule has 104 valence electrons. The topological polar surface area (TPSA) is 70.9 Å². The first-order chi connectivity index (χ1) is 9.04. The van der Waals surface area contributed by atoms with Gasteiger partial charge in [0.1, 0.15) is 7.11 Å². The van der Waals surface area contributed by atoms with Crippen molar-refractivity contribution in [2.45, 2.75) is 20.0 Å². The van der Waals surface area contributed by atoms with Crippen molar-refractivity contribution >= 4 is 12.1 Å². The molecule has 1 aromatic carbocycles. The van der Waals surface area contributed by atoms with Gasteiger partial charge in [0, 0.05) is 12.1 Å². The first kappa shape index (κ1) is 15.2. The van der Waals surface area contributed by atoms with Crippen LogP contribution in [0.15, 0.2) is 29.4 Å². The van der Waals surface area contributed by atoms with Crippen LogP contribution >= 0.6 is 0 Å². The maximum atomic E-state index is 11.8. The average molecular weight is 264 g/mol. The third-order valence-electron chi connectivity index (χ3n) is 2.72. The summed E-state index contributed by atoms with van der Waals surface area (Å²) in [7, 11) is 1.47. The maximum absolute atomic E-state index is 11.8. The van der Waals surface area contributed by atoms with Gasteiger partial charge in [-0.25, -0.2) is 0 Å². The Morgan fingerprint density at radius 2 is 2.05 bits per heavy atom. The molecule has 1 aromatic rings. The lowest BCUT2D eigenvalue weighted by Gasteiger charge is -2.15. The number of carbonyl (C=O) groups excluding carboxylic acids is 1. The normalized spacial score (nSPS) is 12.7. The van der Waals surface area contributed by atoms with Gasteiger partial charge in [0.25, 0.3) is 5.91 Å². The molecule has 0 aliphatic rings. The Bertz CT molecular complexity index is 427. The van der Waals surface area contributed by atoms with Crippen LogP contribution in [0.2, 0.25) is 0 Å². The molecule has 1 unspecified atom stereocenters. The minimum atomic E-state index is -0.531. The summed E-state index contributed by atoms with van der Waals surface area (Å²) in [5.41, 5.74) is 1.39. The highest BCUT2D eigenvalue weighted by Crippen LogP contribution is 2.04. The van der Waals surface area contributed by atoms with Crippen molar-refractivity contribution in [2.75, 3.05) is 13.7 Å². The van der Waals surface area contributed by atoms with Gasteiger partial charge in [-0.15, -0.1) is 0 Å². The molecule has 0 fully saturated rings. The van der Waals surface area contributed by atoms with Gasteiger partial charge < -0.3 is 15.3 Å². The van der Waals surface area contributed by atoms with Crippen molar-refractivity contribution in [1.29, 1.82) is 0 Å².